The fourth-order valence-corrected chi connectivity index (χ4v) is 1.63. The molecule has 1 spiro atoms. The van der Waals surface area contributed by atoms with E-state index in [1.165, 1.54) is 0 Å². The van der Waals surface area contributed by atoms with Crippen molar-refractivity contribution in [3.8, 4) is 0 Å². The fourth-order valence-electron chi connectivity index (χ4n) is 1.63. The molecule has 2 rings (SSSR count). The van der Waals surface area contributed by atoms with Gasteiger partial charge >= 0.3 is 6.03 Å². The van der Waals surface area contributed by atoms with Gasteiger partial charge in [-0.25, -0.2) is 4.79 Å². The van der Waals surface area contributed by atoms with Gasteiger partial charge in [0.2, 0.25) is 0 Å². The Morgan fingerprint density at radius 2 is 1.85 bits per heavy atom. The number of hydrogen-bond donors (Lipinski definition) is 2. The Kier molecular flexibility index (Phi) is 2.56. The smallest absolute Gasteiger partial charge is 0.321 e. The second-order valence-corrected chi connectivity index (χ2v) is 3.16. The molecule has 0 aromatic carbocycles. The van der Waals surface area contributed by atoms with Crippen molar-refractivity contribution in [3.05, 3.63) is 0 Å². The number of hydrogen-bond acceptors (Lipinski definition) is 3. The van der Waals surface area contributed by atoms with E-state index in [1.54, 1.807) is 0 Å². The van der Waals surface area contributed by atoms with E-state index in [-0.39, 0.29) is 11.9 Å². The third-order valence-corrected chi connectivity index (χ3v) is 2.09. The lowest BCUT2D eigenvalue weighted by Crippen LogP contribution is -2.69. The van der Waals surface area contributed by atoms with Gasteiger partial charge in [0, 0.05) is 13.1 Å². The van der Waals surface area contributed by atoms with Gasteiger partial charge in [-0.2, -0.15) is 0 Å². The van der Waals surface area contributed by atoms with Crippen LogP contribution in [0.4, 0.5) is 4.79 Å². The molecule has 0 bridgehead atoms. The first kappa shape index (κ1) is 9.98. The van der Waals surface area contributed by atoms with Crippen molar-refractivity contribution in [2.24, 2.45) is 0 Å². The Hall–Kier alpha value is -1.10. The Balaban J connectivity index is 0.000000396. The van der Waals surface area contributed by atoms with Gasteiger partial charge in [-0.15, -0.1) is 0 Å². The zero-order valence-corrected chi connectivity index (χ0v) is 8.18. The molecule has 0 aromatic rings. The Morgan fingerprint density at radius 3 is 2.15 bits per heavy atom. The van der Waals surface area contributed by atoms with Gasteiger partial charge in [0.05, 0.1) is 0 Å². The molecule has 13 heavy (non-hydrogen) atoms. The summed E-state index contributed by atoms with van der Waals surface area (Å²) in [6, 6.07) is -0.372. The van der Waals surface area contributed by atoms with Crippen LogP contribution in [-0.4, -0.2) is 42.5 Å². The van der Waals surface area contributed by atoms with Crippen LogP contribution in [-0.2, 0) is 4.79 Å². The number of nitrogens with one attached hydrogen (secondary N) is 2. The van der Waals surface area contributed by atoms with Crippen LogP contribution in [0.2, 0.25) is 0 Å². The Labute approximate surface area is 77.5 Å². The average Bonchev–Trinajstić information content (AvgIpc) is 2.30. The van der Waals surface area contributed by atoms with E-state index in [0.29, 0.717) is 13.1 Å². The van der Waals surface area contributed by atoms with Crippen LogP contribution in [0.5, 0.6) is 0 Å². The highest BCUT2D eigenvalue weighted by molar-refractivity contribution is 6.08. The summed E-state index contributed by atoms with van der Waals surface area (Å²) < 4.78 is 0. The normalized spacial score (nSPS) is 24.2. The lowest BCUT2D eigenvalue weighted by atomic mass is 9.91. The highest BCUT2D eigenvalue weighted by atomic mass is 16.2. The van der Waals surface area contributed by atoms with Crippen molar-refractivity contribution >= 4 is 11.9 Å². The largest absolute Gasteiger partial charge is 0.322 e. The third-order valence-electron chi connectivity index (χ3n) is 2.09. The van der Waals surface area contributed by atoms with Gasteiger partial charge in [-0.3, -0.25) is 10.1 Å². The standard InChI is InChI=1S/C6H9N3O2.C2H6/c1-9-2-6(3-9)4(10)7-5(11)8-6;1-2/h2-3H2,1H3,(H2,7,8,10,11);1-2H3. The molecule has 0 atom stereocenters. The third kappa shape index (κ3) is 1.51. The molecular weight excluding hydrogens is 170 g/mol. The highest BCUT2D eigenvalue weighted by Crippen LogP contribution is 2.21. The molecule has 0 unspecified atom stereocenters. The van der Waals surface area contributed by atoms with Crippen LogP contribution in [0.25, 0.3) is 0 Å². The number of carbonyl (C=O) groups is 2. The van der Waals surface area contributed by atoms with Crippen molar-refractivity contribution in [1.29, 1.82) is 0 Å². The molecule has 5 nitrogen and oxygen atoms in total. The van der Waals surface area contributed by atoms with Crippen molar-refractivity contribution in [2.75, 3.05) is 20.1 Å². The average molecular weight is 185 g/mol. The summed E-state index contributed by atoms with van der Waals surface area (Å²) in [6.45, 7) is 5.23. The number of rotatable bonds is 0. The SMILES string of the molecule is CC.CN1CC2(C1)NC(=O)NC2=O. The molecule has 2 N–H and O–H groups in total. The van der Waals surface area contributed by atoms with Crippen molar-refractivity contribution in [3.63, 3.8) is 0 Å². The summed E-state index contributed by atoms with van der Waals surface area (Å²) >= 11 is 0. The number of imide groups is 1. The van der Waals surface area contributed by atoms with E-state index in [0.717, 1.165) is 0 Å². The minimum atomic E-state index is -0.605. The summed E-state index contributed by atoms with van der Waals surface area (Å²) in [7, 11) is 1.91. The second-order valence-electron chi connectivity index (χ2n) is 3.16. The van der Waals surface area contributed by atoms with Crippen LogP contribution < -0.4 is 10.6 Å². The number of likely N-dealkylation sites (tertiary alicyclic amines) is 1. The van der Waals surface area contributed by atoms with Crippen LogP contribution in [0.1, 0.15) is 13.8 Å². The van der Waals surface area contributed by atoms with Gasteiger partial charge in [-0.1, -0.05) is 13.8 Å². The summed E-state index contributed by atoms with van der Waals surface area (Å²) in [5.74, 6) is -0.194. The number of amides is 3. The predicted octanol–water partition coefficient (Wildman–Crippen LogP) is -0.464. The van der Waals surface area contributed by atoms with Gasteiger partial charge < -0.3 is 10.2 Å². The molecule has 3 amide bonds. The van der Waals surface area contributed by atoms with E-state index in [1.807, 2.05) is 25.8 Å². The highest BCUT2D eigenvalue weighted by Gasteiger charge is 2.53. The Bertz CT molecular complexity index is 234. The molecule has 5 heteroatoms. The zero-order chi connectivity index (χ0) is 10.1. The lowest BCUT2D eigenvalue weighted by molar-refractivity contribution is -0.129. The van der Waals surface area contributed by atoms with E-state index < -0.39 is 5.54 Å². The van der Waals surface area contributed by atoms with Crippen LogP contribution in [0.15, 0.2) is 0 Å². The maximum atomic E-state index is 11.1. The molecule has 74 valence electrons. The van der Waals surface area contributed by atoms with Crippen molar-refractivity contribution < 1.29 is 9.59 Å². The first-order chi connectivity index (χ1) is 6.12. The quantitative estimate of drug-likeness (QED) is 0.502. The molecule has 0 saturated carbocycles. The first-order valence-corrected chi connectivity index (χ1v) is 4.45. The maximum Gasteiger partial charge on any atom is 0.322 e. The minimum Gasteiger partial charge on any atom is -0.321 e. The minimum absolute atomic E-state index is 0.194. The molecule has 2 heterocycles. The number of likely N-dealkylation sites (N-methyl/N-ethyl adjacent to an activating group) is 1. The summed E-state index contributed by atoms with van der Waals surface area (Å²) in [5, 5.41) is 4.82. The summed E-state index contributed by atoms with van der Waals surface area (Å²) in [4.78, 5) is 23.8. The van der Waals surface area contributed by atoms with E-state index in [4.69, 9.17) is 0 Å². The van der Waals surface area contributed by atoms with Gasteiger partial charge in [0.1, 0.15) is 5.54 Å². The van der Waals surface area contributed by atoms with Gasteiger partial charge in [0.25, 0.3) is 5.91 Å². The van der Waals surface area contributed by atoms with Gasteiger partial charge in [0.15, 0.2) is 0 Å². The summed E-state index contributed by atoms with van der Waals surface area (Å²) in [6.07, 6.45) is 0. The second kappa shape index (κ2) is 3.33. The monoisotopic (exact) mass is 185 g/mol. The fraction of sp³-hybridized carbons (Fsp3) is 0.750. The number of carbonyl (C=O) groups excluding carboxylic acids is 2. The molecule has 2 fully saturated rings. The zero-order valence-electron chi connectivity index (χ0n) is 8.18. The lowest BCUT2D eigenvalue weighted by Gasteiger charge is -2.42. The van der Waals surface area contributed by atoms with Gasteiger partial charge in [-0.05, 0) is 7.05 Å². The summed E-state index contributed by atoms with van der Waals surface area (Å²) in [5.41, 5.74) is -0.605. The topological polar surface area (TPSA) is 61.4 Å². The predicted molar refractivity (Wildman–Crippen MR) is 48.3 cm³/mol. The van der Waals surface area contributed by atoms with Crippen LogP contribution >= 0.6 is 0 Å². The number of urea groups is 1. The molecule has 2 aliphatic heterocycles. The molecule has 2 saturated heterocycles. The van der Waals surface area contributed by atoms with E-state index in [9.17, 15) is 9.59 Å². The Morgan fingerprint density at radius 1 is 1.31 bits per heavy atom. The van der Waals surface area contributed by atoms with E-state index >= 15 is 0 Å². The van der Waals surface area contributed by atoms with E-state index in [2.05, 4.69) is 10.6 Å². The molecular formula is C8H15N3O2. The van der Waals surface area contributed by atoms with Crippen molar-refractivity contribution in [1.82, 2.24) is 15.5 Å². The molecule has 0 aliphatic carbocycles. The molecule has 2 aliphatic rings. The van der Waals surface area contributed by atoms with Crippen LogP contribution in [0.3, 0.4) is 0 Å². The van der Waals surface area contributed by atoms with Crippen LogP contribution in [0, 0.1) is 0 Å². The molecule has 0 radical (unpaired) electrons. The van der Waals surface area contributed by atoms with Crippen molar-refractivity contribution in [2.45, 2.75) is 19.4 Å². The first-order valence-electron chi connectivity index (χ1n) is 4.45. The maximum absolute atomic E-state index is 11.1. The number of nitrogens with zero attached hydrogens (tertiary/aromatic N) is 1. The molecule has 0 aromatic heterocycles.